The zero-order chi connectivity index (χ0) is 12.8. The highest BCUT2D eigenvalue weighted by Gasteiger charge is 2.08. The number of fused-ring (bicyclic) bond motifs is 1. The van der Waals surface area contributed by atoms with Gasteiger partial charge in [-0.15, -0.1) is 0 Å². The van der Waals surface area contributed by atoms with Gasteiger partial charge in [0.25, 0.3) is 0 Å². The Morgan fingerprint density at radius 3 is 2.94 bits per heavy atom. The summed E-state index contributed by atoms with van der Waals surface area (Å²) in [4.78, 5) is 4.34. The van der Waals surface area contributed by atoms with Crippen LogP contribution >= 0.6 is 11.8 Å². The summed E-state index contributed by atoms with van der Waals surface area (Å²) in [5.74, 6) is 1.12. The van der Waals surface area contributed by atoms with Crippen LogP contribution in [-0.2, 0) is 6.42 Å². The molecule has 3 heteroatoms. The molecule has 0 saturated carbocycles. The van der Waals surface area contributed by atoms with Gasteiger partial charge in [0, 0.05) is 11.6 Å². The summed E-state index contributed by atoms with van der Waals surface area (Å²) in [6, 6.07) is 10.1. The summed E-state index contributed by atoms with van der Waals surface area (Å²) in [6.45, 7) is 0. The highest BCUT2D eigenvalue weighted by molar-refractivity contribution is 7.98. The molecule has 0 bridgehead atoms. The number of nitrogens with zero attached hydrogens (tertiary/aromatic N) is 1. The van der Waals surface area contributed by atoms with E-state index in [0.717, 1.165) is 35.9 Å². The van der Waals surface area contributed by atoms with Crippen LogP contribution in [0.4, 0.5) is 0 Å². The highest BCUT2D eigenvalue weighted by Crippen LogP contribution is 2.18. The molecule has 96 valence electrons. The maximum atomic E-state index is 10.1. The molecule has 0 spiro atoms. The molecular weight excluding hydrogens is 242 g/mol. The molecule has 2 aromatic rings. The quantitative estimate of drug-likeness (QED) is 0.810. The predicted molar refractivity (Wildman–Crippen MR) is 79.1 cm³/mol. The first-order chi connectivity index (χ1) is 8.81. The average molecular weight is 261 g/mol. The first kappa shape index (κ1) is 13.4. The van der Waals surface area contributed by atoms with E-state index >= 15 is 0 Å². The van der Waals surface area contributed by atoms with E-state index in [2.05, 4.69) is 17.3 Å². The number of para-hydroxylation sites is 1. The van der Waals surface area contributed by atoms with Gasteiger partial charge >= 0.3 is 0 Å². The van der Waals surface area contributed by atoms with Crippen molar-refractivity contribution in [3.8, 4) is 0 Å². The Morgan fingerprint density at radius 1 is 1.28 bits per heavy atom. The molecule has 1 atom stereocenters. The summed E-state index contributed by atoms with van der Waals surface area (Å²) >= 11 is 1.83. The van der Waals surface area contributed by atoms with E-state index < -0.39 is 0 Å². The number of aliphatic hydroxyl groups is 1. The first-order valence-electron chi connectivity index (χ1n) is 6.31. The molecule has 0 amide bonds. The van der Waals surface area contributed by atoms with Gasteiger partial charge in [-0.2, -0.15) is 11.8 Å². The molecule has 18 heavy (non-hydrogen) atoms. The van der Waals surface area contributed by atoms with Gasteiger partial charge in [-0.3, -0.25) is 4.98 Å². The zero-order valence-corrected chi connectivity index (χ0v) is 11.5. The Bertz CT molecular complexity index is 495. The van der Waals surface area contributed by atoms with Crippen molar-refractivity contribution >= 4 is 22.7 Å². The molecule has 1 heterocycles. The molecule has 2 nitrogen and oxygen atoms in total. The van der Waals surface area contributed by atoms with Crippen LogP contribution in [0.25, 0.3) is 10.9 Å². The predicted octanol–water partition coefficient (Wildman–Crippen LogP) is 3.28. The molecule has 0 aliphatic heterocycles. The molecular formula is C15H19NOS. The lowest BCUT2D eigenvalue weighted by Crippen LogP contribution is -2.11. The van der Waals surface area contributed by atoms with Crippen molar-refractivity contribution in [3.05, 3.63) is 42.1 Å². The Balaban J connectivity index is 2.07. The van der Waals surface area contributed by atoms with Crippen LogP contribution in [0.5, 0.6) is 0 Å². The van der Waals surface area contributed by atoms with E-state index in [9.17, 15) is 5.11 Å². The Kier molecular flexibility index (Phi) is 5.02. The highest BCUT2D eigenvalue weighted by atomic mass is 32.2. The molecule has 2 rings (SSSR count). The van der Waals surface area contributed by atoms with Gasteiger partial charge in [-0.1, -0.05) is 18.2 Å². The second kappa shape index (κ2) is 6.76. The minimum Gasteiger partial charge on any atom is -0.393 e. The maximum Gasteiger partial charge on any atom is 0.0704 e. The topological polar surface area (TPSA) is 33.1 Å². The van der Waals surface area contributed by atoms with Gasteiger partial charge in [0.05, 0.1) is 11.6 Å². The largest absolute Gasteiger partial charge is 0.393 e. The Hall–Kier alpha value is -1.06. The van der Waals surface area contributed by atoms with E-state index in [1.165, 1.54) is 5.56 Å². The molecule has 1 aromatic heterocycles. The smallest absolute Gasteiger partial charge is 0.0704 e. The minimum atomic E-state index is -0.247. The van der Waals surface area contributed by atoms with E-state index in [0.29, 0.717) is 0 Å². The third kappa shape index (κ3) is 3.47. The van der Waals surface area contributed by atoms with Crippen LogP contribution in [0.1, 0.15) is 18.4 Å². The van der Waals surface area contributed by atoms with Crippen LogP contribution in [0, 0.1) is 0 Å². The number of benzene rings is 1. The van der Waals surface area contributed by atoms with Gasteiger partial charge in [0.1, 0.15) is 0 Å². The van der Waals surface area contributed by atoms with E-state index in [4.69, 9.17) is 0 Å². The van der Waals surface area contributed by atoms with Crippen molar-refractivity contribution in [2.75, 3.05) is 12.0 Å². The van der Waals surface area contributed by atoms with Crippen molar-refractivity contribution in [2.45, 2.75) is 25.4 Å². The van der Waals surface area contributed by atoms with Crippen LogP contribution in [0.2, 0.25) is 0 Å². The monoisotopic (exact) mass is 261 g/mol. The van der Waals surface area contributed by atoms with Crippen LogP contribution in [0.15, 0.2) is 36.5 Å². The lowest BCUT2D eigenvalue weighted by atomic mass is 10.0. The lowest BCUT2D eigenvalue weighted by Gasteiger charge is -2.11. The molecule has 1 aromatic carbocycles. The fraction of sp³-hybridized carbons (Fsp3) is 0.400. The molecule has 0 aliphatic rings. The van der Waals surface area contributed by atoms with Crippen molar-refractivity contribution < 1.29 is 5.11 Å². The Labute approximate surface area is 112 Å². The number of aliphatic hydroxyl groups excluding tert-OH is 1. The molecule has 1 unspecified atom stereocenters. The molecule has 0 aliphatic carbocycles. The number of pyridine rings is 1. The standard InChI is InChI=1S/C15H19NOS/c1-18-10-4-5-13(17)11-12-8-9-16-15-7-3-2-6-14(12)15/h2-3,6-9,13,17H,4-5,10-11H2,1H3. The second-order valence-electron chi connectivity index (χ2n) is 4.48. The van der Waals surface area contributed by atoms with Gasteiger partial charge < -0.3 is 5.11 Å². The average Bonchev–Trinajstić information content (AvgIpc) is 2.39. The van der Waals surface area contributed by atoms with Gasteiger partial charge in [0.2, 0.25) is 0 Å². The number of rotatable bonds is 6. The summed E-state index contributed by atoms with van der Waals surface area (Å²) in [5, 5.41) is 11.2. The minimum absolute atomic E-state index is 0.247. The second-order valence-corrected chi connectivity index (χ2v) is 5.47. The van der Waals surface area contributed by atoms with Crippen molar-refractivity contribution in [1.29, 1.82) is 0 Å². The number of hydrogen-bond acceptors (Lipinski definition) is 3. The third-order valence-corrected chi connectivity index (χ3v) is 3.78. The lowest BCUT2D eigenvalue weighted by molar-refractivity contribution is 0.164. The number of hydrogen-bond donors (Lipinski definition) is 1. The zero-order valence-electron chi connectivity index (χ0n) is 10.7. The van der Waals surface area contributed by atoms with Gasteiger partial charge in [0.15, 0.2) is 0 Å². The normalized spacial score (nSPS) is 12.8. The maximum absolute atomic E-state index is 10.1. The Morgan fingerprint density at radius 2 is 2.11 bits per heavy atom. The summed E-state index contributed by atoms with van der Waals surface area (Å²) in [5.41, 5.74) is 2.20. The third-order valence-electron chi connectivity index (χ3n) is 3.08. The first-order valence-corrected chi connectivity index (χ1v) is 7.70. The van der Waals surface area contributed by atoms with E-state index in [1.54, 1.807) is 0 Å². The number of aromatic nitrogens is 1. The van der Waals surface area contributed by atoms with Gasteiger partial charge in [-0.05, 0) is 49.0 Å². The molecule has 1 N–H and O–H groups in total. The van der Waals surface area contributed by atoms with Crippen LogP contribution in [-0.4, -0.2) is 28.2 Å². The van der Waals surface area contributed by atoms with Crippen LogP contribution < -0.4 is 0 Å². The SMILES string of the molecule is CSCCCC(O)Cc1ccnc2ccccc12. The molecule has 0 radical (unpaired) electrons. The van der Waals surface area contributed by atoms with Crippen LogP contribution in [0.3, 0.4) is 0 Å². The fourth-order valence-electron chi connectivity index (χ4n) is 2.15. The van der Waals surface area contributed by atoms with Crippen molar-refractivity contribution in [2.24, 2.45) is 0 Å². The van der Waals surface area contributed by atoms with Gasteiger partial charge in [-0.25, -0.2) is 0 Å². The number of thioether (sulfide) groups is 1. The fourth-order valence-corrected chi connectivity index (χ4v) is 2.61. The van der Waals surface area contributed by atoms with Crippen molar-refractivity contribution in [3.63, 3.8) is 0 Å². The van der Waals surface area contributed by atoms with E-state index in [-0.39, 0.29) is 6.10 Å². The summed E-state index contributed by atoms with van der Waals surface area (Å²) in [7, 11) is 0. The van der Waals surface area contributed by atoms with Crippen molar-refractivity contribution in [1.82, 2.24) is 4.98 Å². The molecule has 0 saturated heterocycles. The van der Waals surface area contributed by atoms with E-state index in [1.807, 2.05) is 42.2 Å². The summed E-state index contributed by atoms with van der Waals surface area (Å²) < 4.78 is 0. The molecule has 0 fully saturated rings. The summed E-state index contributed by atoms with van der Waals surface area (Å²) in [6.07, 6.45) is 6.35.